The third-order valence-corrected chi connectivity index (χ3v) is 0.517. The van der Waals surface area contributed by atoms with Gasteiger partial charge in [-0.25, -0.2) is 0 Å². The van der Waals surface area contributed by atoms with Crippen molar-refractivity contribution in [2.24, 2.45) is 0 Å². The number of hydrogen-bond donors (Lipinski definition) is 0. The van der Waals surface area contributed by atoms with Crippen molar-refractivity contribution in [3.05, 3.63) is 37.0 Å². The third kappa shape index (κ3) is 46.8. The fourth-order valence-electron chi connectivity index (χ4n) is 0.232. The molecular weight excluding hydrogens is 134 g/mol. The highest BCUT2D eigenvalue weighted by Crippen LogP contribution is 1.86. The summed E-state index contributed by atoms with van der Waals surface area (Å²) in [6, 6.07) is 0. The molecular formula is C10H19N. The van der Waals surface area contributed by atoms with Crippen LogP contribution in [0.4, 0.5) is 0 Å². The van der Waals surface area contributed by atoms with Gasteiger partial charge in [-0.15, -0.1) is 0 Å². The Morgan fingerprint density at radius 2 is 1.64 bits per heavy atom. The van der Waals surface area contributed by atoms with E-state index < -0.39 is 0 Å². The van der Waals surface area contributed by atoms with E-state index in [0.717, 1.165) is 5.57 Å². The minimum atomic E-state index is 1.06. The Morgan fingerprint density at radius 1 is 1.27 bits per heavy atom. The monoisotopic (exact) mass is 153 g/mol. The highest BCUT2D eigenvalue weighted by molar-refractivity contribution is 5.15. The molecule has 64 valence electrons. The minimum Gasteiger partial charge on any atom is -0.312 e. The number of nitrogens with zero attached hydrogens (tertiary/aromatic N) is 1. The molecule has 0 aliphatic carbocycles. The van der Waals surface area contributed by atoms with E-state index in [4.69, 9.17) is 0 Å². The lowest BCUT2D eigenvalue weighted by molar-refractivity contribution is 0.505. The summed E-state index contributed by atoms with van der Waals surface area (Å²) in [5, 5.41) is 0. The third-order valence-electron chi connectivity index (χ3n) is 0.517. The van der Waals surface area contributed by atoms with Crippen molar-refractivity contribution in [1.82, 2.24) is 4.90 Å². The molecule has 1 nitrogen and oxygen atoms in total. The summed E-state index contributed by atoms with van der Waals surface area (Å²) in [7, 11) is 6.00. The predicted molar refractivity (Wildman–Crippen MR) is 53.8 cm³/mol. The van der Waals surface area contributed by atoms with Crippen molar-refractivity contribution < 1.29 is 0 Å². The second-order valence-corrected chi connectivity index (χ2v) is 2.78. The first kappa shape index (κ1) is 12.8. The van der Waals surface area contributed by atoms with Gasteiger partial charge in [0.05, 0.1) is 0 Å². The molecule has 0 aromatic carbocycles. The molecule has 1 heteroatoms. The average molecular weight is 153 g/mol. The summed E-state index contributed by atoms with van der Waals surface area (Å²) in [4.78, 5) is 2.00. The largest absolute Gasteiger partial charge is 0.312 e. The molecule has 0 heterocycles. The highest BCUT2D eigenvalue weighted by Gasteiger charge is 1.65. The minimum absolute atomic E-state index is 1.06. The van der Waals surface area contributed by atoms with Gasteiger partial charge in [0.15, 0.2) is 0 Å². The molecule has 0 fully saturated rings. The molecule has 0 bridgehead atoms. The Morgan fingerprint density at radius 3 is 1.73 bits per heavy atom. The maximum absolute atomic E-state index is 3.66. The van der Waals surface area contributed by atoms with E-state index in [1.165, 1.54) is 0 Å². The summed E-state index contributed by atoms with van der Waals surface area (Å²) in [6.07, 6.45) is 5.50. The fourth-order valence-corrected chi connectivity index (χ4v) is 0.232. The highest BCUT2D eigenvalue weighted by atomic mass is 15.0. The van der Waals surface area contributed by atoms with E-state index in [-0.39, 0.29) is 0 Å². The molecule has 0 atom stereocenters. The summed E-state index contributed by atoms with van der Waals surface area (Å²) in [5.74, 6) is 0. The molecule has 0 saturated heterocycles. The zero-order chi connectivity index (χ0) is 9.28. The number of allylic oxidation sites excluding steroid dienone is 4. The molecule has 0 aromatic heterocycles. The maximum Gasteiger partial charge on any atom is -0.0140 e. The molecule has 0 amide bonds. The zero-order valence-electron chi connectivity index (χ0n) is 8.09. The smallest absolute Gasteiger partial charge is 0.0140 e. The van der Waals surface area contributed by atoms with Crippen molar-refractivity contribution in [2.75, 3.05) is 21.1 Å². The van der Waals surface area contributed by atoms with Gasteiger partial charge in [-0.2, -0.15) is 0 Å². The SMILES string of the molecule is C=C/C=C\C(=C)C.CN(C)C. The van der Waals surface area contributed by atoms with E-state index in [1.807, 2.05) is 45.1 Å². The Balaban J connectivity index is 0. The van der Waals surface area contributed by atoms with E-state index in [9.17, 15) is 0 Å². The van der Waals surface area contributed by atoms with Crippen LogP contribution in [0.5, 0.6) is 0 Å². The van der Waals surface area contributed by atoms with Gasteiger partial charge in [-0.05, 0) is 28.1 Å². The molecule has 0 aromatic rings. The second kappa shape index (κ2) is 9.18. The lowest BCUT2D eigenvalue weighted by Gasteiger charge is -1.90. The normalized spacial score (nSPS) is 9.18. The molecule has 0 unspecified atom stereocenters. The first-order valence-corrected chi connectivity index (χ1v) is 3.56. The number of rotatable bonds is 2. The van der Waals surface area contributed by atoms with Crippen LogP contribution in [0.3, 0.4) is 0 Å². The van der Waals surface area contributed by atoms with Crippen LogP contribution in [0, 0.1) is 0 Å². The lowest BCUT2D eigenvalue weighted by atomic mass is 10.3. The lowest BCUT2D eigenvalue weighted by Crippen LogP contribution is -1.99. The van der Waals surface area contributed by atoms with Crippen molar-refractivity contribution >= 4 is 0 Å². The fraction of sp³-hybridized carbons (Fsp3) is 0.400. The Hall–Kier alpha value is -0.820. The van der Waals surface area contributed by atoms with E-state index in [0.29, 0.717) is 0 Å². The molecule has 0 N–H and O–H groups in total. The zero-order valence-corrected chi connectivity index (χ0v) is 8.09. The number of hydrogen-bond acceptors (Lipinski definition) is 1. The van der Waals surface area contributed by atoms with Gasteiger partial charge in [-0.3, -0.25) is 0 Å². The maximum atomic E-state index is 3.66. The van der Waals surface area contributed by atoms with Crippen molar-refractivity contribution in [1.29, 1.82) is 0 Å². The Labute approximate surface area is 70.7 Å². The molecule has 0 spiro atoms. The van der Waals surface area contributed by atoms with Crippen LogP contribution < -0.4 is 0 Å². The molecule has 0 saturated carbocycles. The quantitative estimate of drug-likeness (QED) is 0.551. The van der Waals surface area contributed by atoms with E-state index in [1.54, 1.807) is 6.08 Å². The standard InChI is InChI=1S/C7H10.C3H9N/c1-4-5-6-7(2)3;1-4(2)3/h4-6H,1-2H2,3H3;1-3H3/b6-5-;. The average Bonchev–Trinajstić information content (AvgIpc) is 1.82. The van der Waals surface area contributed by atoms with Gasteiger partial charge in [-0.1, -0.05) is 37.0 Å². The van der Waals surface area contributed by atoms with Crippen LogP contribution in [0.15, 0.2) is 37.0 Å². The first-order valence-electron chi connectivity index (χ1n) is 3.56. The summed E-state index contributed by atoms with van der Waals surface area (Å²) in [6.45, 7) is 9.11. The van der Waals surface area contributed by atoms with Crippen molar-refractivity contribution in [3.8, 4) is 0 Å². The second-order valence-electron chi connectivity index (χ2n) is 2.78. The van der Waals surface area contributed by atoms with Gasteiger partial charge in [0, 0.05) is 0 Å². The van der Waals surface area contributed by atoms with Crippen LogP contribution in [0.25, 0.3) is 0 Å². The van der Waals surface area contributed by atoms with Gasteiger partial charge >= 0.3 is 0 Å². The first-order chi connectivity index (χ1) is 5.00. The van der Waals surface area contributed by atoms with Gasteiger partial charge in [0.25, 0.3) is 0 Å². The molecule has 0 rings (SSSR count). The van der Waals surface area contributed by atoms with Crippen LogP contribution in [0.1, 0.15) is 6.92 Å². The predicted octanol–water partition coefficient (Wildman–Crippen LogP) is 2.48. The summed E-state index contributed by atoms with van der Waals surface area (Å²) >= 11 is 0. The molecule has 0 aliphatic heterocycles. The molecule has 11 heavy (non-hydrogen) atoms. The Kier molecular flexibility index (Phi) is 10.7. The van der Waals surface area contributed by atoms with Crippen molar-refractivity contribution in [3.63, 3.8) is 0 Å². The molecule has 0 radical (unpaired) electrons. The van der Waals surface area contributed by atoms with Crippen LogP contribution in [-0.2, 0) is 0 Å². The van der Waals surface area contributed by atoms with Crippen molar-refractivity contribution in [2.45, 2.75) is 6.92 Å². The molecule has 0 aliphatic rings. The van der Waals surface area contributed by atoms with E-state index >= 15 is 0 Å². The van der Waals surface area contributed by atoms with Crippen LogP contribution >= 0.6 is 0 Å². The van der Waals surface area contributed by atoms with E-state index in [2.05, 4.69) is 13.2 Å². The Bertz CT molecular complexity index is 129. The summed E-state index contributed by atoms with van der Waals surface area (Å²) < 4.78 is 0. The van der Waals surface area contributed by atoms with Gasteiger partial charge in [0.1, 0.15) is 0 Å². The summed E-state index contributed by atoms with van der Waals surface area (Å²) in [5.41, 5.74) is 1.06. The van der Waals surface area contributed by atoms with Crippen LogP contribution in [-0.4, -0.2) is 26.0 Å². The van der Waals surface area contributed by atoms with Crippen LogP contribution in [0.2, 0.25) is 0 Å². The topological polar surface area (TPSA) is 3.24 Å². The van der Waals surface area contributed by atoms with Gasteiger partial charge in [0.2, 0.25) is 0 Å². The van der Waals surface area contributed by atoms with Gasteiger partial charge < -0.3 is 4.90 Å².